The smallest absolute Gasteiger partial charge is 0.348 e. The van der Waals surface area contributed by atoms with Gasteiger partial charge in [-0.05, 0) is 43.7 Å². The Balaban J connectivity index is 2.14. The number of benzene rings is 2. The minimum absolute atomic E-state index is 0.126. The molecule has 1 unspecified atom stereocenters. The van der Waals surface area contributed by atoms with Gasteiger partial charge >= 0.3 is 6.18 Å². The highest BCUT2D eigenvalue weighted by molar-refractivity contribution is 7.89. The molecule has 2 atom stereocenters. The fourth-order valence-corrected chi connectivity index (χ4v) is 4.60. The Morgan fingerprint density at radius 1 is 0.968 bits per heavy atom. The highest BCUT2D eigenvalue weighted by Crippen LogP contribution is 2.33. The van der Waals surface area contributed by atoms with E-state index in [0.29, 0.717) is 11.6 Å². The van der Waals surface area contributed by atoms with Gasteiger partial charge in [0.05, 0.1) is 27.4 Å². The summed E-state index contributed by atoms with van der Waals surface area (Å²) >= 11 is 0. The molecule has 0 aliphatic rings. The van der Waals surface area contributed by atoms with Crippen molar-refractivity contribution in [2.24, 2.45) is 5.14 Å². The van der Waals surface area contributed by atoms with Gasteiger partial charge in [0.25, 0.3) is 0 Å². The quantitative estimate of drug-likeness (QED) is 0.557. The second kappa shape index (κ2) is 8.94. The van der Waals surface area contributed by atoms with E-state index in [4.69, 9.17) is 5.14 Å². The van der Waals surface area contributed by atoms with Crippen molar-refractivity contribution in [3.05, 3.63) is 59.7 Å². The molecule has 2 aromatic carbocycles. The van der Waals surface area contributed by atoms with Crippen LogP contribution >= 0.6 is 0 Å². The van der Waals surface area contributed by atoms with E-state index >= 15 is 0 Å². The predicted molar refractivity (Wildman–Crippen MR) is 106 cm³/mol. The first kappa shape index (κ1) is 24.8. The summed E-state index contributed by atoms with van der Waals surface area (Å²) in [7, 11) is -8.54. The van der Waals surface area contributed by atoms with E-state index in [1.165, 1.54) is 31.2 Å². The Hall–Kier alpha value is -2.48. The zero-order valence-electron chi connectivity index (χ0n) is 16.3. The van der Waals surface area contributed by atoms with E-state index in [-0.39, 0.29) is 4.90 Å². The molecule has 0 saturated carbocycles. The SMILES string of the molecule is CC(NC(=O)[C@H](C)NS(=O)(=O)c1ccccc1C(F)(F)F)c1ccc(S(N)(=O)=O)cc1. The summed E-state index contributed by atoms with van der Waals surface area (Å²) in [6.45, 7) is 2.74. The number of nitrogens with two attached hydrogens (primary N) is 1. The van der Waals surface area contributed by atoms with Crippen molar-refractivity contribution in [2.75, 3.05) is 0 Å². The van der Waals surface area contributed by atoms with Crippen LogP contribution in [0.15, 0.2) is 58.3 Å². The van der Waals surface area contributed by atoms with Crippen LogP contribution in [0, 0.1) is 0 Å². The molecular formula is C18H20F3N3O5S2. The van der Waals surface area contributed by atoms with Crippen molar-refractivity contribution >= 4 is 26.0 Å². The molecule has 0 heterocycles. The standard InChI is InChI=1S/C18H20F3N3O5S2/c1-11(13-7-9-14(10-8-13)30(22,26)27)23-17(25)12(2)24-31(28,29)16-6-4-3-5-15(16)18(19,20)21/h3-12,24H,1-2H3,(H,23,25)(H2,22,26,27)/t11?,12-/m0/s1. The first-order chi connectivity index (χ1) is 14.1. The molecule has 0 aromatic heterocycles. The molecule has 2 rings (SSSR count). The topological polar surface area (TPSA) is 135 Å². The minimum Gasteiger partial charge on any atom is -0.348 e. The van der Waals surface area contributed by atoms with Gasteiger partial charge in [0, 0.05) is 0 Å². The van der Waals surface area contributed by atoms with E-state index in [1.807, 2.05) is 4.72 Å². The maximum absolute atomic E-state index is 13.1. The van der Waals surface area contributed by atoms with Gasteiger partial charge in [-0.15, -0.1) is 0 Å². The Labute approximate surface area is 177 Å². The van der Waals surface area contributed by atoms with Crippen molar-refractivity contribution in [1.29, 1.82) is 0 Å². The number of sulfonamides is 2. The molecule has 4 N–H and O–H groups in total. The van der Waals surface area contributed by atoms with Crippen LogP contribution in [0.25, 0.3) is 0 Å². The van der Waals surface area contributed by atoms with Crippen LogP contribution in [0.3, 0.4) is 0 Å². The number of alkyl halides is 3. The summed E-state index contributed by atoms with van der Waals surface area (Å²) in [4.78, 5) is 11.3. The number of hydrogen-bond acceptors (Lipinski definition) is 5. The average molecular weight is 480 g/mol. The van der Waals surface area contributed by atoms with Crippen LogP contribution in [0.2, 0.25) is 0 Å². The van der Waals surface area contributed by atoms with Crippen LogP contribution in [0.4, 0.5) is 13.2 Å². The molecule has 0 bridgehead atoms. The van der Waals surface area contributed by atoms with Gasteiger partial charge in [-0.1, -0.05) is 24.3 Å². The molecule has 0 aliphatic carbocycles. The summed E-state index contributed by atoms with van der Waals surface area (Å²) in [5, 5.41) is 7.52. The summed E-state index contributed by atoms with van der Waals surface area (Å²) in [5.74, 6) is -0.795. The number of carbonyl (C=O) groups is 1. The van der Waals surface area contributed by atoms with Gasteiger partial charge in [0.2, 0.25) is 26.0 Å². The fraction of sp³-hybridized carbons (Fsp3) is 0.278. The molecule has 0 spiro atoms. The maximum Gasteiger partial charge on any atom is 0.417 e. The largest absolute Gasteiger partial charge is 0.417 e. The summed E-state index contributed by atoms with van der Waals surface area (Å²) in [6, 6.07) is 6.90. The molecule has 1 amide bonds. The molecule has 170 valence electrons. The third-order valence-electron chi connectivity index (χ3n) is 4.27. The fourth-order valence-electron chi connectivity index (χ4n) is 2.65. The van der Waals surface area contributed by atoms with Crippen LogP contribution in [-0.4, -0.2) is 28.8 Å². The Morgan fingerprint density at radius 2 is 1.52 bits per heavy atom. The third-order valence-corrected chi connectivity index (χ3v) is 6.80. The maximum atomic E-state index is 13.1. The van der Waals surface area contributed by atoms with E-state index in [0.717, 1.165) is 18.2 Å². The number of primary sulfonamides is 1. The second-order valence-corrected chi connectivity index (χ2v) is 9.93. The molecule has 0 aliphatic heterocycles. The predicted octanol–water partition coefficient (Wildman–Crippen LogP) is 1.90. The van der Waals surface area contributed by atoms with Crippen molar-refractivity contribution in [3.63, 3.8) is 0 Å². The lowest BCUT2D eigenvalue weighted by molar-refractivity contribution is -0.139. The average Bonchev–Trinajstić information content (AvgIpc) is 2.66. The molecule has 8 nitrogen and oxygen atoms in total. The molecule has 13 heteroatoms. The number of nitrogens with one attached hydrogen (secondary N) is 2. The summed E-state index contributed by atoms with van der Waals surface area (Å²) in [5.41, 5.74) is -0.850. The van der Waals surface area contributed by atoms with Crippen LogP contribution in [0.1, 0.15) is 31.0 Å². The van der Waals surface area contributed by atoms with Crippen molar-refractivity contribution in [1.82, 2.24) is 10.0 Å². The van der Waals surface area contributed by atoms with Gasteiger partial charge in [-0.2, -0.15) is 17.9 Å². The molecule has 2 aromatic rings. The Morgan fingerprint density at radius 3 is 2.03 bits per heavy atom. The summed E-state index contributed by atoms with van der Waals surface area (Å²) in [6.07, 6.45) is -4.89. The zero-order valence-corrected chi connectivity index (χ0v) is 18.0. The Kier molecular flexibility index (Phi) is 7.15. The van der Waals surface area contributed by atoms with Gasteiger partial charge in [0.15, 0.2) is 0 Å². The first-order valence-corrected chi connectivity index (χ1v) is 11.8. The van der Waals surface area contributed by atoms with Crippen molar-refractivity contribution in [3.8, 4) is 0 Å². The normalized spacial score (nSPS) is 14.6. The highest BCUT2D eigenvalue weighted by atomic mass is 32.2. The number of amides is 1. The van der Waals surface area contributed by atoms with Gasteiger partial charge < -0.3 is 5.32 Å². The van der Waals surface area contributed by atoms with Crippen molar-refractivity contribution in [2.45, 2.75) is 41.9 Å². The molecule has 31 heavy (non-hydrogen) atoms. The lowest BCUT2D eigenvalue weighted by atomic mass is 10.1. The number of halogens is 3. The van der Waals surface area contributed by atoms with Crippen molar-refractivity contribution < 1.29 is 34.8 Å². The second-order valence-electron chi connectivity index (χ2n) is 6.68. The molecule has 0 radical (unpaired) electrons. The van der Waals surface area contributed by atoms with Gasteiger partial charge in [-0.25, -0.2) is 22.0 Å². The number of carbonyl (C=O) groups excluding carboxylic acids is 1. The van der Waals surface area contributed by atoms with Crippen LogP contribution in [-0.2, 0) is 31.0 Å². The summed E-state index contributed by atoms with van der Waals surface area (Å²) < 4.78 is 88.8. The van der Waals surface area contributed by atoms with E-state index < -0.39 is 54.7 Å². The highest BCUT2D eigenvalue weighted by Gasteiger charge is 2.37. The minimum atomic E-state index is -4.89. The zero-order chi connectivity index (χ0) is 23.6. The first-order valence-electron chi connectivity index (χ1n) is 8.74. The van der Waals surface area contributed by atoms with Gasteiger partial charge in [-0.3, -0.25) is 4.79 Å². The number of rotatable bonds is 7. The third kappa shape index (κ3) is 6.26. The van der Waals surface area contributed by atoms with E-state index in [2.05, 4.69) is 5.32 Å². The Bertz CT molecular complexity index is 1160. The van der Waals surface area contributed by atoms with E-state index in [9.17, 15) is 34.8 Å². The molecule has 0 fully saturated rings. The van der Waals surface area contributed by atoms with Crippen LogP contribution < -0.4 is 15.2 Å². The monoisotopic (exact) mass is 479 g/mol. The van der Waals surface area contributed by atoms with Gasteiger partial charge in [0.1, 0.15) is 0 Å². The lowest BCUT2D eigenvalue weighted by Crippen LogP contribution is -2.45. The molecular weight excluding hydrogens is 459 g/mol. The lowest BCUT2D eigenvalue weighted by Gasteiger charge is -2.20. The van der Waals surface area contributed by atoms with E-state index in [1.54, 1.807) is 6.92 Å². The van der Waals surface area contributed by atoms with Crippen LogP contribution in [0.5, 0.6) is 0 Å². The number of hydrogen-bond donors (Lipinski definition) is 3. The molecule has 0 saturated heterocycles.